The lowest BCUT2D eigenvalue weighted by atomic mass is 10.1. The third kappa shape index (κ3) is 5.24. The highest BCUT2D eigenvalue weighted by molar-refractivity contribution is 7.89. The predicted octanol–water partition coefficient (Wildman–Crippen LogP) is 2.47. The number of hydrogen-bond donors (Lipinski definition) is 1. The number of carbonyl (C=O) groups excluding carboxylic acids is 1. The van der Waals surface area contributed by atoms with Gasteiger partial charge in [0, 0.05) is 32.2 Å². The SMILES string of the molecule is CC(C)N1CCC(CNC(=O)c2cc(S(=O)(=O)N3CCOCC3)c(Cl)cc2Cl)C1. The van der Waals surface area contributed by atoms with Gasteiger partial charge in [0.25, 0.3) is 5.91 Å². The zero-order valence-electron chi connectivity index (χ0n) is 16.7. The predicted molar refractivity (Wildman–Crippen MR) is 113 cm³/mol. The molecule has 1 amide bonds. The summed E-state index contributed by atoms with van der Waals surface area (Å²) in [4.78, 5) is 15.0. The van der Waals surface area contributed by atoms with Gasteiger partial charge in [-0.15, -0.1) is 0 Å². The Morgan fingerprint density at radius 3 is 2.52 bits per heavy atom. The van der Waals surface area contributed by atoms with Crippen LogP contribution in [0.3, 0.4) is 0 Å². The molecule has 7 nitrogen and oxygen atoms in total. The molecule has 0 aliphatic carbocycles. The molecule has 29 heavy (non-hydrogen) atoms. The lowest BCUT2D eigenvalue weighted by Gasteiger charge is -2.26. The van der Waals surface area contributed by atoms with Gasteiger partial charge in [-0.05, 0) is 44.9 Å². The standard InChI is InChI=1S/C19H27Cl2N3O4S/c1-13(2)23-4-3-14(12-23)11-22-19(25)15-9-18(17(21)10-16(15)20)29(26,27)24-5-7-28-8-6-24/h9-10,13-14H,3-8,11-12H2,1-2H3,(H,22,25). The number of nitrogens with zero attached hydrogens (tertiary/aromatic N) is 2. The first-order valence-corrected chi connectivity index (χ1v) is 12.0. The highest BCUT2D eigenvalue weighted by Gasteiger charge is 2.30. The van der Waals surface area contributed by atoms with Crippen LogP contribution in [0.5, 0.6) is 0 Å². The minimum absolute atomic E-state index is 0.00131. The molecule has 1 unspecified atom stereocenters. The number of carbonyl (C=O) groups is 1. The van der Waals surface area contributed by atoms with Gasteiger partial charge in [0.2, 0.25) is 10.0 Å². The van der Waals surface area contributed by atoms with Crippen LogP contribution in [0, 0.1) is 5.92 Å². The summed E-state index contributed by atoms with van der Waals surface area (Å²) in [5.41, 5.74) is 0.113. The number of rotatable bonds is 6. The van der Waals surface area contributed by atoms with Crippen LogP contribution in [0.2, 0.25) is 10.0 Å². The van der Waals surface area contributed by atoms with Crippen LogP contribution in [0.4, 0.5) is 0 Å². The Morgan fingerprint density at radius 2 is 1.90 bits per heavy atom. The average molecular weight is 464 g/mol. The molecular weight excluding hydrogens is 437 g/mol. The maximum atomic E-state index is 13.0. The average Bonchev–Trinajstić information content (AvgIpc) is 3.16. The molecule has 2 heterocycles. The number of ether oxygens (including phenoxy) is 1. The molecule has 0 aromatic heterocycles. The summed E-state index contributed by atoms with van der Waals surface area (Å²) in [6.07, 6.45) is 1.02. The Kier molecular flexibility index (Phi) is 7.46. The molecular formula is C19H27Cl2N3O4S. The molecule has 2 aliphatic heterocycles. The monoisotopic (exact) mass is 463 g/mol. The normalized spacial score (nSPS) is 21.6. The zero-order valence-corrected chi connectivity index (χ0v) is 19.0. The van der Waals surface area contributed by atoms with E-state index in [-0.39, 0.29) is 33.6 Å². The van der Waals surface area contributed by atoms with Crippen LogP contribution < -0.4 is 5.32 Å². The number of sulfonamides is 1. The minimum atomic E-state index is -3.84. The molecule has 2 saturated heterocycles. The Balaban J connectivity index is 1.74. The molecule has 0 saturated carbocycles. The van der Waals surface area contributed by atoms with Gasteiger partial charge in [-0.3, -0.25) is 4.79 Å². The second-order valence-corrected chi connectivity index (χ2v) is 10.5. The van der Waals surface area contributed by atoms with E-state index in [1.807, 2.05) is 0 Å². The highest BCUT2D eigenvalue weighted by atomic mass is 35.5. The Hall–Kier alpha value is -0.900. The first kappa shape index (κ1) is 22.8. The number of amides is 1. The van der Waals surface area contributed by atoms with Crippen molar-refractivity contribution in [3.63, 3.8) is 0 Å². The van der Waals surface area contributed by atoms with Crippen molar-refractivity contribution in [2.45, 2.75) is 31.2 Å². The van der Waals surface area contributed by atoms with Crippen LogP contribution >= 0.6 is 23.2 Å². The van der Waals surface area contributed by atoms with E-state index in [2.05, 4.69) is 24.1 Å². The molecule has 0 spiro atoms. The van der Waals surface area contributed by atoms with E-state index in [1.54, 1.807) is 0 Å². The van der Waals surface area contributed by atoms with Crippen molar-refractivity contribution in [3.05, 3.63) is 27.7 Å². The summed E-state index contributed by atoms with van der Waals surface area (Å²) >= 11 is 12.4. The summed E-state index contributed by atoms with van der Waals surface area (Å²) in [6.45, 7) is 7.93. The first-order valence-electron chi connectivity index (χ1n) is 9.79. The van der Waals surface area contributed by atoms with Gasteiger partial charge in [0.15, 0.2) is 0 Å². The van der Waals surface area contributed by atoms with Crippen molar-refractivity contribution in [1.29, 1.82) is 0 Å². The summed E-state index contributed by atoms with van der Waals surface area (Å²) < 4.78 is 32.5. The van der Waals surface area contributed by atoms with E-state index in [0.717, 1.165) is 19.5 Å². The van der Waals surface area contributed by atoms with Gasteiger partial charge in [0.1, 0.15) is 4.90 Å². The van der Waals surface area contributed by atoms with Gasteiger partial charge < -0.3 is 15.0 Å². The summed E-state index contributed by atoms with van der Waals surface area (Å²) in [5, 5.41) is 3.03. The Bertz CT molecular complexity index is 857. The van der Waals surface area contributed by atoms with Crippen molar-refractivity contribution >= 4 is 39.1 Å². The molecule has 10 heteroatoms. The van der Waals surface area contributed by atoms with Gasteiger partial charge in [0.05, 0.1) is 28.8 Å². The second kappa shape index (κ2) is 9.49. The molecule has 2 fully saturated rings. The number of nitrogens with one attached hydrogen (secondary N) is 1. The van der Waals surface area contributed by atoms with Crippen molar-refractivity contribution in [1.82, 2.24) is 14.5 Å². The summed E-state index contributed by atoms with van der Waals surface area (Å²) in [6, 6.07) is 3.08. The van der Waals surface area contributed by atoms with E-state index < -0.39 is 15.9 Å². The molecule has 1 aromatic carbocycles. The van der Waals surface area contributed by atoms with E-state index in [0.29, 0.717) is 31.7 Å². The molecule has 3 rings (SSSR count). The lowest BCUT2D eigenvalue weighted by molar-refractivity contribution is 0.0730. The maximum Gasteiger partial charge on any atom is 0.252 e. The number of likely N-dealkylation sites (tertiary alicyclic amines) is 1. The quantitative estimate of drug-likeness (QED) is 0.700. The molecule has 1 N–H and O–H groups in total. The topological polar surface area (TPSA) is 79.0 Å². The third-order valence-corrected chi connectivity index (χ3v) is 8.13. The third-order valence-electron chi connectivity index (χ3n) is 5.45. The van der Waals surface area contributed by atoms with Gasteiger partial charge in [-0.2, -0.15) is 4.31 Å². The van der Waals surface area contributed by atoms with E-state index in [1.165, 1.54) is 16.4 Å². The Morgan fingerprint density at radius 1 is 1.21 bits per heavy atom. The first-order chi connectivity index (χ1) is 13.7. The zero-order chi connectivity index (χ0) is 21.2. The van der Waals surface area contributed by atoms with Gasteiger partial charge in [-0.1, -0.05) is 23.2 Å². The fraction of sp³-hybridized carbons (Fsp3) is 0.632. The largest absolute Gasteiger partial charge is 0.379 e. The van der Waals surface area contributed by atoms with Crippen molar-refractivity contribution in [2.75, 3.05) is 45.9 Å². The molecule has 1 atom stereocenters. The number of hydrogen-bond acceptors (Lipinski definition) is 5. The molecule has 1 aromatic rings. The van der Waals surface area contributed by atoms with E-state index in [9.17, 15) is 13.2 Å². The van der Waals surface area contributed by atoms with Crippen LogP contribution in [0.25, 0.3) is 0 Å². The number of morpholine rings is 1. The maximum absolute atomic E-state index is 13.0. The van der Waals surface area contributed by atoms with Crippen molar-refractivity contribution in [3.8, 4) is 0 Å². The van der Waals surface area contributed by atoms with Gasteiger partial charge >= 0.3 is 0 Å². The molecule has 162 valence electrons. The fourth-order valence-electron chi connectivity index (χ4n) is 3.66. The Labute approximate surface area is 182 Å². The van der Waals surface area contributed by atoms with Crippen LogP contribution in [-0.2, 0) is 14.8 Å². The fourth-order valence-corrected chi connectivity index (χ4v) is 5.90. The lowest BCUT2D eigenvalue weighted by Crippen LogP contribution is -2.40. The van der Waals surface area contributed by atoms with E-state index in [4.69, 9.17) is 27.9 Å². The molecule has 0 bridgehead atoms. The van der Waals surface area contributed by atoms with Crippen molar-refractivity contribution < 1.29 is 17.9 Å². The van der Waals surface area contributed by atoms with E-state index >= 15 is 0 Å². The van der Waals surface area contributed by atoms with Crippen molar-refractivity contribution in [2.24, 2.45) is 5.92 Å². The van der Waals surface area contributed by atoms with Gasteiger partial charge in [-0.25, -0.2) is 8.42 Å². The number of halogens is 2. The van der Waals surface area contributed by atoms with Crippen LogP contribution in [-0.4, -0.2) is 75.5 Å². The number of benzene rings is 1. The molecule has 0 radical (unpaired) electrons. The molecule has 2 aliphatic rings. The minimum Gasteiger partial charge on any atom is -0.379 e. The van der Waals surface area contributed by atoms with Crippen LogP contribution in [0.15, 0.2) is 17.0 Å². The second-order valence-electron chi connectivity index (χ2n) is 7.73. The smallest absolute Gasteiger partial charge is 0.252 e. The highest BCUT2D eigenvalue weighted by Crippen LogP contribution is 2.31. The van der Waals surface area contributed by atoms with Crippen LogP contribution in [0.1, 0.15) is 30.6 Å². The summed E-state index contributed by atoms with van der Waals surface area (Å²) in [7, 11) is -3.84. The summed E-state index contributed by atoms with van der Waals surface area (Å²) in [5.74, 6) is -0.0305.